The molecule has 1 aliphatic heterocycles. The fourth-order valence-electron chi connectivity index (χ4n) is 2.60. The first-order valence-electron chi connectivity index (χ1n) is 8.21. The Balaban J connectivity index is 1.51. The fraction of sp³-hybridized carbons (Fsp3) is 0.263. The number of hydrogen-bond acceptors (Lipinski definition) is 4. The zero-order valence-corrected chi connectivity index (χ0v) is 14.9. The summed E-state index contributed by atoms with van der Waals surface area (Å²) < 4.78 is 0. The van der Waals surface area contributed by atoms with Crippen molar-refractivity contribution in [2.75, 3.05) is 35.6 Å². The number of hydrogen-bond donors (Lipinski definition) is 2. The molecular formula is C19H21N3O2S. The van der Waals surface area contributed by atoms with E-state index in [2.05, 4.69) is 10.6 Å². The maximum absolute atomic E-state index is 12.1. The van der Waals surface area contributed by atoms with Crippen LogP contribution in [0.5, 0.6) is 0 Å². The predicted octanol–water partition coefficient (Wildman–Crippen LogP) is 2.66. The first-order chi connectivity index (χ1) is 12.1. The van der Waals surface area contributed by atoms with Crippen molar-refractivity contribution < 1.29 is 9.59 Å². The lowest BCUT2D eigenvalue weighted by Gasteiger charge is -2.28. The summed E-state index contributed by atoms with van der Waals surface area (Å²) in [6, 6.07) is 15.7. The summed E-state index contributed by atoms with van der Waals surface area (Å²) in [6.07, 6.45) is 0. The molecule has 2 N–H and O–H groups in total. The molecule has 1 fully saturated rings. The SMILES string of the molecule is Cc1ccc(SCC(=O)Nc2ccc(N3CCNC(=O)C3)cc2)cc1. The highest BCUT2D eigenvalue weighted by molar-refractivity contribution is 8.00. The van der Waals surface area contributed by atoms with E-state index in [9.17, 15) is 9.59 Å². The van der Waals surface area contributed by atoms with E-state index >= 15 is 0 Å². The van der Waals surface area contributed by atoms with Crippen LogP contribution in [0.1, 0.15) is 5.56 Å². The van der Waals surface area contributed by atoms with Crippen molar-refractivity contribution in [2.45, 2.75) is 11.8 Å². The van der Waals surface area contributed by atoms with Crippen LogP contribution in [0.2, 0.25) is 0 Å². The molecule has 3 rings (SSSR count). The molecule has 1 saturated heterocycles. The predicted molar refractivity (Wildman–Crippen MR) is 102 cm³/mol. The van der Waals surface area contributed by atoms with Crippen molar-refractivity contribution in [1.82, 2.24) is 5.32 Å². The van der Waals surface area contributed by atoms with Gasteiger partial charge in [0.05, 0.1) is 12.3 Å². The number of piperazine rings is 1. The number of carbonyl (C=O) groups excluding carboxylic acids is 2. The quantitative estimate of drug-likeness (QED) is 0.810. The number of amides is 2. The first-order valence-corrected chi connectivity index (χ1v) is 9.20. The van der Waals surface area contributed by atoms with Gasteiger partial charge in [-0.25, -0.2) is 0 Å². The van der Waals surface area contributed by atoms with E-state index in [0.29, 0.717) is 18.8 Å². The van der Waals surface area contributed by atoms with Crippen LogP contribution < -0.4 is 15.5 Å². The topological polar surface area (TPSA) is 61.4 Å². The lowest BCUT2D eigenvalue weighted by atomic mass is 10.2. The largest absolute Gasteiger partial charge is 0.360 e. The Morgan fingerprint density at radius 2 is 1.88 bits per heavy atom. The molecule has 0 saturated carbocycles. The zero-order valence-electron chi connectivity index (χ0n) is 14.1. The fourth-order valence-corrected chi connectivity index (χ4v) is 3.29. The highest BCUT2D eigenvalue weighted by Crippen LogP contribution is 2.21. The minimum Gasteiger partial charge on any atom is -0.360 e. The Morgan fingerprint density at radius 1 is 1.16 bits per heavy atom. The maximum atomic E-state index is 12.1. The molecule has 25 heavy (non-hydrogen) atoms. The highest BCUT2D eigenvalue weighted by atomic mass is 32.2. The van der Waals surface area contributed by atoms with Crippen LogP contribution in [0, 0.1) is 6.92 Å². The summed E-state index contributed by atoms with van der Waals surface area (Å²) in [7, 11) is 0. The van der Waals surface area contributed by atoms with Crippen LogP contribution in [-0.4, -0.2) is 37.2 Å². The van der Waals surface area contributed by atoms with Gasteiger partial charge in [0.15, 0.2) is 0 Å². The zero-order chi connectivity index (χ0) is 17.6. The van der Waals surface area contributed by atoms with Crippen LogP contribution in [0.25, 0.3) is 0 Å². The molecular weight excluding hydrogens is 334 g/mol. The molecule has 130 valence electrons. The lowest BCUT2D eigenvalue weighted by Crippen LogP contribution is -2.47. The number of nitrogens with zero attached hydrogens (tertiary/aromatic N) is 1. The Bertz CT molecular complexity index is 744. The van der Waals surface area contributed by atoms with Crippen LogP contribution in [0.3, 0.4) is 0 Å². The van der Waals surface area contributed by atoms with E-state index in [1.54, 1.807) is 0 Å². The van der Waals surface area contributed by atoms with Gasteiger partial charge in [0.25, 0.3) is 0 Å². The van der Waals surface area contributed by atoms with Crippen LogP contribution in [0.15, 0.2) is 53.4 Å². The van der Waals surface area contributed by atoms with E-state index in [1.165, 1.54) is 17.3 Å². The monoisotopic (exact) mass is 355 g/mol. The van der Waals surface area contributed by atoms with Crippen molar-refractivity contribution in [3.8, 4) is 0 Å². The van der Waals surface area contributed by atoms with Gasteiger partial charge < -0.3 is 15.5 Å². The standard InChI is InChI=1S/C19H21N3O2S/c1-14-2-8-17(9-3-14)25-13-19(24)21-15-4-6-16(7-5-15)22-11-10-20-18(23)12-22/h2-9H,10-13H2,1H3,(H,20,23)(H,21,24). The molecule has 6 heteroatoms. The maximum Gasteiger partial charge on any atom is 0.239 e. The van der Waals surface area contributed by atoms with Gasteiger partial charge in [-0.2, -0.15) is 0 Å². The average molecular weight is 355 g/mol. The first kappa shape index (κ1) is 17.4. The Labute approximate surface area is 151 Å². The van der Waals surface area contributed by atoms with E-state index in [-0.39, 0.29) is 11.8 Å². The third-order valence-corrected chi connectivity index (χ3v) is 4.96. The Hall–Kier alpha value is -2.47. The molecule has 0 bridgehead atoms. The number of nitrogens with one attached hydrogen (secondary N) is 2. The molecule has 0 spiro atoms. The van der Waals surface area contributed by atoms with Gasteiger partial charge in [-0.1, -0.05) is 17.7 Å². The molecule has 0 aromatic heterocycles. The van der Waals surface area contributed by atoms with Crippen molar-refractivity contribution in [2.24, 2.45) is 0 Å². The van der Waals surface area contributed by atoms with Gasteiger partial charge in [0.1, 0.15) is 0 Å². The van der Waals surface area contributed by atoms with Gasteiger partial charge in [-0.05, 0) is 43.3 Å². The lowest BCUT2D eigenvalue weighted by molar-refractivity contribution is -0.120. The normalized spacial score (nSPS) is 14.1. The van der Waals surface area contributed by atoms with Crippen LogP contribution in [-0.2, 0) is 9.59 Å². The molecule has 0 radical (unpaired) electrons. The molecule has 0 atom stereocenters. The number of carbonyl (C=O) groups is 2. The number of rotatable bonds is 5. The average Bonchev–Trinajstić information content (AvgIpc) is 2.62. The Morgan fingerprint density at radius 3 is 2.56 bits per heavy atom. The summed E-state index contributed by atoms with van der Waals surface area (Å²) in [6.45, 7) is 3.87. The van der Waals surface area contributed by atoms with Crippen LogP contribution in [0.4, 0.5) is 11.4 Å². The summed E-state index contributed by atoms with van der Waals surface area (Å²) in [4.78, 5) is 26.6. The second-order valence-electron chi connectivity index (χ2n) is 5.97. The Kier molecular flexibility index (Phi) is 5.60. The van der Waals surface area contributed by atoms with E-state index < -0.39 is 0 Å². The number of benzene rings is 2. The van der Waals surface area contributed by atoms with Crippen molar-refractivity contribution in [1.29, 1.82) is 0 Å². The van der Waals surface area contributed by atoms with Gasteiger partial charge in [0.2, 0.25) is 11.8 Å². The second-order valence-corrected chi connectivity index (χ2v) is 7.02. The van der Waals surface area contributed by atoms with Gasteiger partial charge in [-0.3, -0.25) is 9.59 Å². The second kappa shape index (κ2) is 8.07. The minimum absolute atomic E-state index is 0.0318. The molecule has 0 unspecified atom stereocenters. The van der Waals surface area contributed by atoms with Crippen LogP contribution >= 0.6 is 11.8 Å². The summed E-state index contributed by atoms with van der Waals surface area (Å²) >= 11 is 1.52. The number of aryl methyl sites for hydroxylation is 1. The minimum atomic E-state index is -0.0318. The summed E-state index contributed by atoms with van der Waals surface area (Å²) in [5.74, 6) is 0.379. The van der Waals surface area contributed by atoms with Crippen molar-refractivity contribution in [3.05, 3.63) is 54.1 Å². The molecule has 1 aliphatic rings. The van der Waals surface area contributed by atoms with Gasteiger partial charge in [0, 0.05) is 29.4 Å². The third-order valence-electron chi connectivity index (χ3n) is 3.95. The number of thioether (sulfide) groups is 1. The number of anilines is 2. The van der Waals surface area contributed by atoms with Gasteiger partial charge >= 0.3 is 0 Å². The molecule has 2 amide bonds. The summed E-state index contributed by atoms with van der Waals surface area (Å²) in [5, 5.41) is 5.71. The molecule has 5 nitrogen and oxygen atoms in total. The van der Waals surface area contributed by atoms with Crippen molar-refractivity contribution in [3.63, 3.8) is 0 Å². The smallest absolute Gasteiger partial charge is 0.239 e. The molecule has 1 heterocycles. The van der Waals surface area contributed by atoms with E-state index in [1.807, 2.05) is 60.4 Å². The third kappa shape index (κ3) is 5.00. The van der Waals surface area contributed by atoms with Gasteiger partial charge in [-0.15, -0.1) is 11.8 Å². The molecule has 2 aromatic carbocycles. The summed E-state index contributed by atoms with van der Waals surface area (Å²) in [5.41, 5.74) is 2.96. The molecule has 2 aromatic rings. The molecule has 0 aliphatic carbocycles. The van der Waals surface area contributed by atoms with E-state index in [0.717, 1.165) is 22.8 Å². The van der Waals surface area contributed by atoms with E-state index in [4.69, 9.17) is 0 Å². The highest BCUT2D eigenvalue weighted by Gasteiger charge is 2.16. The van der Waals surface area contributed by atoms with Crippen molar-refractivity contribution >= 4 is 35.0 Å².